The summed E-state index contributed by atoms with van der Waals surface area (Å²) in [5.74, 6) is 0.330. The number of hydrogen-bond donors (Lipinski definition) is 0. The molecule has 0 spiro atoms. The Morgan fingerprint density at radius 2 is 1.62 bits per heavy atom. The number of rotatable bonds is 1. The average molecular weight is 354 g/mol. The van der Waals surface area contributed by atoms with Gasteiger partial charge < -0.3 is 4.90 Å². The molecular weight excluding hydrogens is 337 g/mol. The van der Waals surface area contributed by atoms with E-state index in [1.165, 1.54) is 0 Å². The van der Waals surface area contributed by atoms with Crippen LogP contribution in [0.25, 0.3) is 10.8 Å². The third kappa shape index (κ3) is 2.64. The van der Waals surface area contributed by atoms with Crippen LogP contribution in [0.15, 0.2) is 65.7 Å². The average Bonchev–Trinajstić information content (AvgIpc) is 2.61. The minimum absolute atomic E-state index is 0.189. The molecule has 2 nitrogen and oxygen atoms in total. The predicted octanol–water partition coefficient (Wildman–Crippen LogP) is 5.65. The van der Waals surface area contributed by atoms with Gasteiger partial charge in [0.1, 0.15) is 5.84 Å². The highest BCUT2D eigenvalue weighted by atomic mass is 19.4. The lowest BCUT2D eigenvalue weighted by atomic mass is 9.95. The smallest absolute Gasteiger partial charge is 0.328 e. The zero-order valence-electron chi connectivity index (χ0n) is 14.4. The summed E-state index contributed by atoms with van der Waals surface area (Å²) in [7, 11) is 1.77. The van der Waals surface area contributed by atoms with Crippen molar-refractivity contribution in [2.45, 2.75) is 19.1 Å². The van der Waals surface area contributed by atoms with Crippen LogP contribution in [0.4, 0.5) is 18.9 Å². The van der Waals surface area contributed by atoms with Crippen molar-refractivity contribution < 1.29 is 13.2 Å². The van der Waals surface area contributed by atoms with Gasteiger partial charge in [-0.15, -0.1) is 0 Å². The third-order valence-corrected chi connectivity index (χ3v) is 4.75. The summed E-state index contributed by atoms with van der Waals surface area (Å²) in [6.45, 7) is 1.94. The van der Waals surface area contributed by atoms with Crippen molar-refractivity contribution in [2.24, 2.45) is 4.99 Å². The molecule has 0 fully saturated rings. The molecule has 0 aromatic heterocycles. The number of aliphatic imine (C=N–C) groups is 1. The third-order valence-electron chi connectivity index (χ3n) is 4.75. The number of amidine groups is 1. The van der Waals surface area contributed by atoms with Gasteiger partial charge in [0.15, 0.2) is 6.04 Å². The molecule has 1 aliphatic rings. The molecule has 132 valence electrons. The topological polar surface area (TPSA) is 15.6 Å². The van der Waals surface area contributed by atoms with Crippen LogP contribution in [0, 0.1) is 6.92 Å². The quantitative estimate of drug-likeness (QED) is 0.551. The van der Waals surface area contributed by atoms with Gasteiger partial charge in [-0.25, -0.2) is 4.99 Å². The fraction of sp³-hybridized carbons (Fsp3) is 0.190. The molecule has 1 heterocycles. The van der Waals surface area contributed by atoms with Gasteiger partial charge in [-0.05, 0) is 12.3 Å². The van der Waals surface area contributed by atoms with Crippen LogP contribution in [0.2, 0.25) is 0 Å². The van der Waals surface area contributed by atoms with Crippen LogP contribution in [0.3, 0.4) is 0 Å². The van der Waals surface area contributed by atoms with E-state index in [1.54, 1.807) is 24.1 Å². The zero-order chi connectivity index (χ0) is 18.5. The number of benzene rings is 3. The monoisotopic (exact) mass is 354 g/mol. The molecule has 0 amide bonds. The van der Waals surface area contributed by atoms with E-state index in [9.17, 15) is 13.2 Å². The SMILES string of the molecule is Cc1ccc(C2=NC(C(F)(F)F)c3ccc4ccccc4c3N2C)cc1. The van der Waals surface area contributed by atoms with Crippen LogP contribution in [-0.4, -0.2) is 19.1 Å². The molecule has 0 N–H and O–H groups in total. The predicted molar refractivity (Wildman–Crippen MR) is 98.9 cm³/mol. The zero-order valence-corrected chi connectivity index (χ0v) is 14.4. The largest absolute Gasteiger partial charge is 0.415 e. The Morgan fingerprint density at radius 3 is 2.31 bits per heavy atom. The number of hydrogen-bond acceptors (Lipinski definition) is 2. The molecule has 26 heavy (non-hydrogen) atoms. The van der Waals surface area contributed by atoms with Gasteiger partial charge in [0.05, 0.1) is 5.69 Å². The lowest BCUT2D eigenvalue weighted by Crippen LogP contribution is -2.36. The van der Waals surface area contributed by atoms with Crippen molar-refractivity contribution in [1.82, 2.24) is 0 Å². The van der Waals surface area contributed by atoms with Crippen molar-refractivity contribution in [3.05, 3.63) is 77.4 Å². The minimum Gasteiger partial charge on any atom is -0.328 e. The van der Waals surface area contributed by atoms with Crippen LogP contribution in [0.1, 0.15) is 22.7 Å². The van der Waals surface area contributed by atoms with Gasteiger partial charge in [-0.2, -0.15) is 13.2 Å². The lowest BCUT2D eigenvalue weighted by molar-refractivity contribution is -0.148. The van der Waals surface area contributed by atoms with Gasteiger partial charge in [-0.1, -0.05) is 66.2 Å². The standard InChI is InChI=1S/C21H17F3N2/c1-13-7-9-15(10-8-13)20-25-19(21(22,23)24)17-12-11-14-5-3-4-6-16(14)18(17)26(20)2/h3-12,19H,1-2H3. The second kappa shape index (κ2) is 5.87. The van der Waals surface area contributed by atoms with E-state index >= 15 is 0 Å². The molecule has 3 aromatic rings. The Morgan fingerprint density at radius 1 is 0.923 bits per heavy atom. The summed E-state index contributed by atoms with van der Waals surface area (Å²) in [6, 6.07) is 16.3. The highest BCUT2D eigenvalue weighted by Gasteiger charge is 2.45. The normalized spacial score (nSPS) is 17.2. The Labute approximate surface area is 149 Å². The Balaban J connectivity index is 1.98. The van der Waals surface area contributed by atoms with E-state index in [0.29, 0.717) is 17.1 Å². The van der Waals surface area contributed by atoms with Crippen molar-refractivity contribution in [1.29, 1.82) is 0 Å². The van der Waals surface area contributed by atoms with E-state index in [4.69, 9.17) is 0 Å². The molecule has 0 saturated heterocycles. The second-order valence-electron chi connectivity index (χ2n) is 6.55. The maximum atomic E-state index is 13.8. The Bertz CT molecular complexity index is 1000. The van der Waals surface area contributed by atoms with Gasteiger partial charge in [-0.3, -0.25) is 0 Å². The van der Waals surface area contributed by atoms with Crippen LogP contribution >= 0.6 is 0 Å². The molecule has 5 heteroatoms. The fourth-order valence-corrected chi connectivity index (χ4v) is 3.47. The molecule has 0 radical (unpaired) electrons. The molecule has 0 bridgehead atoms. The van der Waals surface area contributed by atoms with Gasteiger partial charge >= 0.3 is 6.18 Å². The minimum atomic E-state index is -4.45. The second-order valence-corrected chi connectivity index (χ2v) is 6.55. The number of alkyl halides is 3. The van der Waals surface area contributed by atoms with Crippen molar-refractivity contribution in [2.75, 3.05) is 11.9 Å². The van der Waals surface area contributed by atoms with E-state index in [-0.39, 0.29) is 5.56 Å². The maximum Gasteiger partial charge on any atom is 0.415 e. The van der Waals surface area contributed by atoms with Crippen molar-refractivity contribution >= 4 is 22.3 Å². The van der Waals surface area contributed by atoms with E-state index in [2.05, 4.69) is 4.99 Å². The van der Waals surface area contributed by atoms with Crippen molar-refractivity contribution in [3.63, 3.8) is 0 Å². The number of fused-ring (bicyclic) bond motifs is 3. The van der Waals surface area contributed by atoms with E-state index < -0.39 is 12.2 Å². The Kier molecular flexibility index (Phi) is 3.75. The first-order valence-corrected chi connectivity index (χ1v) is 8.33. The van der Waals surface area contributed by atoms with Crippen LogP contribution < -0.4 is 4.90 Å². The molecule has 1 atom stereocenters. The van der Waals surface area contributed by atoms with Gasteiger partial charge in [0.2, 0.25) is 0 Å². The summed E-state index contributed by atoms with van der Waals surface area (Å²) in [6.07, 6.45) is -4.45. The molecule has 3 aromatic carbocycles. The molecule has 1 unspecified atom stereocenters. The van der Waals surface area contributed by atoms with Crippen LogP contribution in [0.5, 0.6) is 0 Å². The van der Waals surface area contributed by atoms with Gasteiger partial charge in [0, 0.05) is 23.6 Å². The number of nitrogens with zero attached hydrogens (tertiary/aromatic N) is 2. The van der Waals surface area contributed by atoms with Crippen LogP contribution in [-0.2, 0) is 0 Å². The fourth-order valence-electron chi connectivity index (χ4n) is 3.47. The maximum absolute atomic E-state index is 13.8. The van der Waals surface area contributed by atoms with Crippen molar-refractivity contribution in [3.8, 4) is 0 Å². The molecule has 0 saturated carbocycles. The summed E-state index contributed by atoms with van der Waals surface area (Å²) in [5, 5.41) is 1.70. The van der Waals surface area contributed by atoms with E-state index in [0.717, 1.165) is 16.3 Å². The molecule has 1 aliphatic heterocycles. The molecular formula is C21H17F3N2. The van der Waals surface area contributed by atoms with E-state index in [1.807, 2.05) is 55.5 Å². The van der Waals surface area contributed by atoms with Gasteiger partial charge in [0.25, 0.3) is 0 Å². The highest BCUT2D eigenvalue weighted by molar-refractivity contribution is 6.15. The number of halogens is 3. The molecule has 4 rings (SSSR count). The summed E-state index contributed by atoms with van der Waals surface area (Å²) in [5.41, 5.74) is 2.47. The summed E-state index contributed by atoms with van der Waals surface area (Å²) < 4.78 is 41.3. The lowest BCUT2D eigenvalue weighted by Gasteiger charge is -2.34. The highest BCUT2D eigenvalue weighted by Crippen LogP contribution is 2.46. The first-order chi connectivity index (χ1) is 12.4. The summed E-state index contributed by atoms with van der Waals surface area (Å²) in [4.78, 5) is 5.87. The Hall–Kier alpha value is -2.82. The first kappa shape index (κ1) is 16.6. The summed E-state index contributed by atoms with van der Waals surface area (Å²) >= 11 is 0. The molecule has 0 aliphatic carbocycles. The number of aryl methyl sites for hydroxylation is 1. The first-order valence-electron chi connectivity index (χ1n) is 8.33. The number of anilines is 1.